The van der Waals surface area contributed by atoms with Crippen LogP contribution in [-0.2, 0) is 6.54 Å². The van der Waals surface area contributed by atoms with E-state index in [-0.39, 0.29) is 5.54 Å². The quantitative estimate of drug-likeness (QED) is 0.755. The van der Waals surface area contributed by atoms with Crippen LogP contribution in [0, 0.1) is 0 Å². The maximum absolute atomic E-state index is 5.84. The van der Waals surface area contributed by atoms with Crippen LogP contribution in [0.4, 0.5) is 0 Å². The number of hydrogen-bond donors (Lipinski definition) is 1. The highest BCUT2D eigenvalue weighted by molar-refractivity contribution is 6.30. The maximum atomic E-state index is 5.84. The van der Waals surface area contributed by atoms with Gasteiger partial charge >= 0.3 is 0 Å². The number of rotatable bonds is 6. The molecule has 0 heterocycles. The average Bonchev–Trinajstić information content (AvgIpc) is 2.29. The summed E-state index contributed by atoms with van der Waals surface area (Å²) >= 11 is 11.7. The zero-order valence-electron chi connectivity index (χ0n) is 9.89. The lowest BCUT2D eigenvalue weighted by atomic mass is 9.95. The molecule has 1 nitrogen and oxygen atoms in total. The van der Waals surface area contributed by atoms with Gasteiger partial charge in [-0.25, -0.2) is 0 Å². The molecular formula is C13H19Cl2N. The molecule has 1 rings (SSSR count). The van der Waals surface area contributed by atoms with Crippen molar-refractivity contribution in [2.45, 2.75) is 38.8 Å². The molecule has 0 aliphatic heterocycles. The Bertz CT molecular complexity index is 310. The van der Waals surface area contributed by atoms with Crippen LogP contribution in [0.5, 0.6) is 0 Å². The van der Waals surface area contributed by atoms with Gasteiger partial charge in [0.2, 0.25) is 0 Å². The van der Waals surface area contributed by atoms with E-state index in [4.69, 9.17) is 23.2 Å². The normalized spacial score (nSPS) is 14.8. The lowest BCUT2D eigenvalue weighted by Gasteiger charge is -2.29. The standard InChI is InChI=1S/C13H19Cl2N/c1-3-13(2,8-9-14)16-10-11-4-6-12(15)7-5-11/h4-7,16H,3,8-10H2,1-2H3. The molecule has 1 N–H and O–H groups in total. The third kappa shape index (κ3) is 4.32. The summed E-state index contributed by atoms with van der Waals surface area (Å²) < 4.78 is 0. The molecule has 0 saturated heterocycles. The summed E-state index contributed by atoms with van der Waals surface area (Å²) in [6, 6.07) is 7.94. The molecule has 1 aromatic rings. The monoisotopic (exact) mass is 259 g/mol. The summed E-state index contributed by atoms with van der Waals surface area (Å²) in [6.45, 7) is 5.26. The van der Waals surface area contributed by atoms with E-state index in [0.29, 0.717) is 5.88 Å². The smallest absolute Gasteiger partial charge is 0.0406 e. The largest absolute Gasteiger partial charge is 0.307 e. The van der Waals surface area contributed by atoms with Crippen molar-refractivity contribution >= 4 is 23.2 Å². The van der Waals surface area contributed by atoms with E-state index in [1.165, 1.54) is 5.56 Å². The molecule has 0 fully saturated rings. The maximum Gasteiger partial charge on any atom is 0.0406 e. The first-order valence-corrected chi connectivity index (χ1v) is 6.56. The Balaban J connectivity index is 2.52. The summed E-state index contributed by atoms with van der Waals surface area (Å²) in [7, 11) is 0. The van der Waals surface area contributed by atoms with Gasteiger partial charge in [0.05, 0.1) is 0 Å². The van der Waals surface area contributed by atoms with E-state index in [0.717, 1.165) is 24.4 Å². The number of alkyl halides is 1. The van der Waals surface area contributed by atoms with E-state index in [9.17, 15) is 0 Å². The second kappa shape index (κ2) is 6.48. The zero-order chi connectivity index (χ0) is 12.0. The molecular weight excluding hydrogens is 241 g/mol. The Morgan fingerprint density at radius 2 is 1.88 bits per heavy atom. The average molecular weight is 260 g/mol. The fourth-order valence-electron chi connectivity index (χ4n) is 1.52. The van der Waals surface area contributed by atoms with Crippen molar-refractivity contribution in [2.24, 2.45) is 0 Å². The summed E-state index contributed by atoms with van der Waals surface area (Å²) in [4.78, 5) is 0. The Labute approximate surface area is 108 Å². The summed E-state index contributed by atoms with van der Waals surface area (Å²) in [6.07, 6.45) is 2.06. The molecule has 0 amide bonds. The molecule has 0 bridgehead atoms. The van der Waals surface area contributed by atoms with Crippen molar-refractivity contribution in [3.63, 3.8) is 0 Å². The predicted octanol–water partition coefficient (Wildman–Crippen LogP) is 4.23. The molecule has 1 aromatic carbocycles. The molecule has 0 aliphatic carbocycles. The number of halogens is 2. The van der Waals surface area contributed by atoms with Gasteiger partial charge in [-0.2, -0.15) is 0 Å². The Hall–Kier alpha value is -0.240. The van der Waals surface area contributed by atoms with E-state index in [2.05, 4.69) is 19.2 Å². The summed E-state index contributed by atoms with van der Waals surface area (Å²) in [5, 5.41) is 4.34. The van der Waals surface area contributed by atoms with Crippen LogP contribution in [0.25, 0.3) is 0 Å². The Morgan fingerprint density at radius 3 is 2.38 bits per heavy atom. The van der Waals surface area contributed by atoms with E-state index in [1.54, 1.807) is 0 Å². The van der Waals surface area contributed by atoms with Crippen molar-refractivity contribution < 1.29 is 0 Å². The van der Waals surface area contributed by atoms with Crippen LogP contribution in [0.1, 0.15) is 32.3 Å². The molecule has 0 radical (unpaired) electrons. The zero-order valence-corrected chi connectivity index (χ0v) is 11.4. The van der Waals surface area contributed by atoms with Gasteiger partial charge in [0.15, 0.2) is 0 Å². The molecule has 0 aliphatic rings. The molecule has 0 aromatic heterocycles. The fourth-order valence-corrected chi connectivity index (χ4v) is 2.06. The van der Waals surface area contributed by atoms with Crippen molar-refractivity contribution in [2.75, 3.05) is 5.88 Å². The van der Waals surface area contributed by atoms with Gasteiger partial charge in [-0.1, -0.05) is 30.7 Å². The fraction of sp³-hybridized carbons (Fsp3) is 0.538. The molecule has 0 spiro atoms. The molecule has 90 valence electrons. The van der Waals surface area contributed by atoms with Gasteiger partial charge in [0, 0.05) is 23.0 Å². The van der Waals surface area contributed by atoms with E-state index < -0.39 is 0 Å². The minimum atomic E-state index is 0.126. The number of hydrogen-bond acceptors (Lipinski definition) is 1. The molecule has 16 heavy (non-hydrogen) atoms. The second-order valence-corrected chi connectivity index (χ2v) is 5.15. The van der Waals surface area contributed by atoms with Crippen LogP contribution in [0.15, 0.2) is 24.3 Å². The van der Waals surface area contributed by atoms with Gasteiger partial charge in [0.25, 0.3) is 0 Å². The van der Waals surface area contributed by atoms with Crippen molar-refractivity contribution in [3.8, 4) is 0 Å². The molecule has 0 saturated carbocycles. The van der Waals surface area contributed by atoms with Crippen LogP contribution in [-0.4, -0.2) is 11.4 Å². The first kappa shape index (κ1) is 13.8. The topological polar surface area (TPSA) is 12.0 Å². The van der Waals surface area contributed by atoms with Crippen molar-refractivity contribution in [3.05, 3.63) is 34.9 Å². The van der Waals surface area contributed by atoms with Crippen LogP contribution in [0.3, 0.4) is 0 Å². The lowest BCUT2D eigenvalue weighted by molar-refractivity contribution is 0.331. The minimum absolute atomic E-state index is 0.126. The number of benzene rings is 1. The van der Waals surface area contributed by atoms with Crippen molar-refractivity contribution in [1.29, 1.82) is 0 Å². The predicted molar refractivity (Wildman–Crippen MR) is 72.3 cm³/mol. The highest BCUT2D eigenvalue weighted by atomic mass is 35.5. The minimum Gasteiger partial charge on any atom is -0.307 e. The van der Waals surface area contributed by atoms with Crippen LogP contribution in [0.2, 0.25) is 5.02 Å². The number of nitrogens with one attached hydrogen (secondary N) is 1. The molecule has 3 heteroatoms. The van der Waals surface area contributed by atoms with Crippen molar-refractivity contribution in [1.82, 2.24) is 5.32 Å². The third-order valence-electron chi connectivity index (χ3n) is 3.06. The van der Waals surface area contributed by atoms with Crippen LogP contribution < -0.4 is 5.32 Å². The highest BCUT2D eigenvalue weighted by Crippen LogP contribution is 2.17. The lowest BCUT2D eigenvalue weighted by Crippen LogP contribution is -2.41. The van der Waals surface area contributed by atoms with Crippen LogP contribution >= 0.6 is 23.2 Å². The first-order chi connectivity index (χ1) is 7.59. The SMILES string of the molecule is CCC(C)(CCCl)NCc1ccc(Cl)cc1. The molecule has 1 unspecified atom stereocenters. The Morgan fingerprint density at radius 1 is 1.25 bits per heavy atom. The second-order valence-electron chi connectivity index (χ2n) is 4.33. The summed E-state index contributed by atoms with van der Waals surface area (Å²) in [5.74, 6) is 0.692. The first-order valence-electron chi connectivity index (χ1n) is 5.65. The molecule has 1 atom stereocenters. The van der Waals surface area contributed by atoms with Gasteiger partial charge in [-0.05, 0) is 37.5 Å². The van der Waals surface area contributed by atoms with Gasteiger partial charge in [0.1, 0.15) is 0 Å². The van der Waals surface area contributed by atoms with E-state index in [1.807, 2.05) is 24.3 Å². The highest BCUT2D eigenvalue weighted by Gasteiger charge is 2.19. The van der Waals surface area contributed by atoms with Gasteiger partial charge in [-0.3, -0.25) is 0 Å². The van der Waals surface area contributed by atoms with Gasteiger partial charge < -0.3 is 5.32 Å². The van der Waals surface area contributed by atoms with E-state index >= 15 is 0 Å². The third-order valence-corrected chi connectivity index (χ3v) is 3.50. The Kier molecular flexibility index (Phi) is 5.60. The summed E-state index contributed by atoms with van der Waals surface area (Å²) in [5.41, 5.74) is 1.38. The van der Waals surface area contributed by atoms with Gasteiger partial charge in [-0.15, -0.1) is 11.6 Å².